The molecule has 2 aromatic rings. The highest BCUT2D eigenvalue weighted by molar-refractivity contribution is 5.94. The molecule has 0 spiro atoms. The summed E-state index contributed by atoms with van der Waals surface area (Å²) in [6.07, 6.45) is 7.27. The van der Waals surface area contributed by atoms with E-state index >= 15 is 0 Å². The van der Waals surface area contributed by atoms with Crippen molar-refractivity contribution in [3.05, 3.63) is 66.0 Å². The molecule has 0 aliphatic carbocycles. The van der Waals surface area contributed by atoms with Crippen LogP contribution >= 0.6 is 0 Å². The molecule has 2 heterocycles. The molecule has 1 saturated heterocycles. The maximum Gasteiger partial charge on any atom is 0.257 e. The molecule has 1 unspecified atom stereocenters. The normalized spacial score (nSPS) is 15.5. The molecular weight excluding hydrogens is 394 g/mol. The van der Waals surface area contributed by atoms with E-state index in [9.17, 15) is 9.59 Å². The molecule has 0 radical (unpaired) electrons. The lowest BCUT2D eigenvalue weighted by Gasteiger charge is -2.33. The number of pyridine rings is 1. The number of nitrogens with zero attached hydrogens (tertiary/aromatic N) is 3. The number of hydrogen-bond acceptors (Lipinski definition) is 6. The van der Waals surface area contributed by atoms with Crippen molar-refractivity contribution in [2.45, 2.75) is 25.3 Å². The minimum atomic E-state index is -0.275. The Hall–Kier alpha value is -3.10. The van der Waals surface area contributed by atoms with Crippen molar-refractivity contribution in [3.8, 4) is 0 Å². The number of benzene rings is 1. The number of ether oxygens (including phenoxy) is 1. The zero-order valence-corrected chi connectivity index (χ0v) is 17.6. The van der Waals surface area contributed by atoms with Gasteiger partial charge in [-0.3, -0.25) is 19.5 Å². The highest BCUT2D eigenvalue weighted by atomic mass is 16.5. The average molecular weight is 424 g/mol. The Balaban J connectivity index is 1.46. The van der Waals surface area contributed by atoms with Gasteiger partial charge in [0.05, 0.1) is 25.5 Å². The van der Waals surface area contributed by atoms with Crippen LogP contribution in [0.25, 0.3) is 0 Å². The van der Waals surface area contributed by atoms with Crippen molar-refractivity contribution < 1.29 is 14.3 Å². The van der Waals surface area contributed by atoms with Gasteiger partial charge in [-0.25, -0.2) is 5.43 Å². The lowest BCUT2D eigenvalue weighted by Crippen LogP contribution is -2.50. The lowest BCUT2D eigenvalue weighted by atomic mass is 10.1. The number of unbranched alkanes of at least 4 members (excludes halogenated alkanes) is 1. The number of amides is 2. The van der Waals surface area contributed by atoms with Gasteiger partial charge in [0.25, 0.3) is 11.8 Å². The first-order valence-corrected chi connectivity index (χ1v) is 10.6. The fourth-order valence-electron chi connectivity index (χ4n) is 3.42. The Morgan fingerprint density at radius 1 is 1.10 bits per heavy atom. The number of morpholine rings is 1. The third kappa shape index (κ3) is 7.58. The van der Waals surface area contributed by atoms with Crippen LogP contribution in [0.15, 0.2) is 60.0 Å². The third-order valence-corrected chi connectivity index (χ3v) is 5.11. The number of hydrazone groups is 1. The second kappa shape index (κ2) is 12.6. The minimum Gasteiger partial charge on any atom is -0.379 e. The van der Waals surface area contributed by atoms with E-state index in [0.29, 0.717) is 31.7 Å². The van der Waals surface area contributed by atoms with Crippen LogP contribution in [-0.4, -0.2) is 66.8 Å². The van der Waals surface area contributed by atoms with Crippen LogP contribution in [0.2, 0.25) is 0 Å². The number of carbonyl (C=O) groups excluding carboxylic acids is 2. The van der Waals surface area contributed by atoms with E-state index in [1.807, 2.05) is 30.3 Å². The third-order valence-electron chi connectivity index (χ3n) is 5.11. The quantitative estimate of drug-likeness (QED) is 0.345. The Labute approximate surface area is 182 Å². The summed E-state index contributed by atoms with van der Waals surface area (Å²) in [6, 6.07) is 12.5. The molecule has 31 heavy (non-hydrogen) atoms. The fourth-order valence-corrected chi connectivity index (χ4v) is 3.42. The Kier molecular flexibility index (Phi) is 9.15. The smallest absolute Gasteiger partial charge is 0.257 e. The van der Waals surface area contributed by atoms with Gasteiger partial charge < -0.3 is 10.1 Å². The van der Waals surface area contributed by atoms with Crippen molar-refractivity contribution >= 4 is 18.0 Å². The zero-order valence-electron chi connectivity index (χ0n) is 17.6. The second-order valence-electron chi connectivity index (χ2n) is 7.30. The summed E-state index contributed by atoms with van der Waals surface area (Å²) in [7, 11) is 0. The molecule has 0 bridgehead atoms. The summed E-state index contributed by atoms with van der Waals surface area (Å²) >= 11 is 0. The molecule has 3 rings (SSSR count). The Morgan fingerprint density at radius 2 is 1.84 bits per heavy atom. The summed E-state index contributed by atoms with van der Waals surface area (Å²) in [5.74, 6) is -0.200. The number of aromatic nitrogens is 1. The van der Waals surface area contributed by atoms with E-state index in [1.54, 1.807) is 30.7 Å². The molecule has 0 saturated carbocycles. The van der Waals surface area contributed by atoms with Gasteiger partial charge in [-0.2, -0.15) is 5.10 Å². The van der Waals surface area contributed by atoms with Gasteiger partial charge in [0.1, 0.15) is 0 Å². The molecule has 164 valence electrons. The zero-order chi connectivity index (χ0) is 21.7. The maximum absolute atomic E-state index is 12.8. The molecule has 8 nitrogen and oxygen atoms in total. The lowest BCUT2D eigenvalue weighted by molar-refractivity contribution is -0.128. The van der Waals surface area contributed by atoms with Crippen LogP contribution in [0.3, 0.4) is 0 Å². The van der Waals surface area contributed by atoms with Crippen molar-refractivity contribution in [1.82, 2.24) is 20.6 Å². The Morgan fingerprint density at radius 3 is 2.58 bits per heavy atom. The van der Waals surface area contributed by atoms with E-state index in [0.717, 1.165) is 31.5 Å². The summed E-state index contributed by atoms with van der Waals surface area (Å²) in [5.41, 5.74) is 4.19. The van der Waals surface area contributed by atoms with Gasteiger partial charge in [-0.15, -0.1) is 0 Å². The molecule has 1 aromatic heterocycles. The van der Waals surface area contributed by atoms with Crippen molar-refractivity contribution in [2.24, 2.45) is 5.10 Å². The van der Waals surface area contributed by atoms with Gasteiger partial charge >= 0.3 is 0 Å². The average Bonchev–Trinajstić information content (AvgIpc) is 2.83. The number of rotatable bonds is 10. The van der Waals surface area contributed by atoms with Gasteiger partial charge in [0.2, 0.25) is 0 Å². The standard InChI is InChI=1S/C23H29N5O3/c29-22(20-6-2-1-3-7-20)25-11-5-4-8-21(28-14-16-31-17-15-28)23(30)27-26-18-19-9-12-24-13-10-19/h1-3,6-7,9-10,12-13,18,21H,4-5,8,11,14-17H2,(H,25,29)(H,27,30)/b26-18+. The first-order chi connectivity index (χ1) is 15.2. The first-order valence-electron chi connectivity index (χ1n) is 10.6. The van der Waals surface area contributed by atoms with Crippen molar-refractivity contribution in [1.29, 1.82) is 0 Å². The molecule has 1 aliphatic rings. The van der Waals surface area contributed by atoms with Crippen LogP contribution < -0.4 is 10.7 Å². The van der Waals surface area contributed by atoms with Crippen molar-refractivity contribution in [2.75, 3.05) is 32.8 Å². The van der Waals surface area contributed by atoms with Crippen LogP contribution in [0.4, 0.5) is 0 Å². The predicted molar refractivity (Wildman–Crippen MR) is 119 cm³/mol. The topological polar surface area (TPSA) is 95.9 Å². The summed E-state index contributed by atoms with van der Waals surface area (Å²) in [5, 5.41) is 7.02. The second-order valence-corrected chi connectivity index (χ2v) is 7.30. The number of carbonyl (C=O) groups is 2. The molecule has 2 N–H and O–H groups in total. The first kappa shape index (κ1) is 22.6. The predicted octanol–water partition coefficient (Wildman–Crippen LogP) is 1.83. The molecule has 1 aromatic carbocycles. The maximum atomic E-state index is 12.8. The van der Waals surface area contributed by atoms with E-state index in [2.05, 4.69) is 25.7 Å². The molecule has 1 fully saturated rings. The van der Waals surface area contributed by atoms with Crippen LogP contribution in [0, 0.1) is 0 Å². The highest BCUT2D eigenvalue weighted by Gasteiger charge is 2.26. The fraction of sp³-hybridized carbons (Fsp3) is 0.391. The monoisotopic (exact) mass is 423 g/mol. The SMILES string of the molecule is O=C(NCCCCC(C(=O)N/N=C/c1ccncc1)N1CCOCC1)c1ccccc1. The molecule has 1 atom stereocenters. The molecule has 2 amide bonds. The van der Waals surface area contributed by atoms with Gasteiger partial charge in [0, 0.05) is 37.6 Å². The highest BCUT2D eigenvalue weighted by Crippen LogP contribution is 2.12. The molecule has 8 heteroatoms. The summed E-state index contributed by atoms with van der Waals surface area (Å²) < 4.78 is 5.42. The minimum absolute atomic E-state index is 0.0754. The largest absolute Gasteiger partial charge is 0.379 e. The van der Waals surface area contributed by atoms with Crippen LogP contribution in [0.5, 0.6) is 0 Å². The number of hydrogen-bond donors (Lipinski definition) is 2. The summed E-state index contributed by atoms with van der Waals surface area (Å²) in [6.45, 7) is 3.26. The van der Waals surface area contributed by atoms with Crippen molar-refractivity contribution in [3.63, 3.8) is 0 Å². The van der Waals surface area contributed by atoms with Gasteiger partial charge in [-0.05, 0) is 49.1 Å². The van der Waals surface area contributed by atoms with E-state index in [4.69, 9.17) is 4.74 Å². The van der Waals surface area contributed by atoms with Crippen LogP contribution in [0.1, 0.15) is 35.2 Å². The molecule has 1 aliphatic heterocycles. The van der Waals surface area contributed by atoms with E-state index < -0.39 is 0 Å². The van der Waals surface area contributed by atoms with Gasteiger partial charge in [-0.1, -0.05) is 18.2 Å². The Bertz CT molecular complexity index is 839. The summed E-state index contributed by atoms with van der Waals surface area (Å²) in [4.78, 5) is 31.0. The van der Waals surface area contributed by atoms with Gasteiger partial charge in [0.15, 0.2) is 0 Å². The number of nitrogens with one attached hydrogen (secondary N) is 2. The van der Waals surface area contributed by atoms with E-state index in [1.165, 1.54) is 0 Å². The van der Waals surface area contributed by atoms with Crippen LogP contribution in [-0.2, 0) is 9.53 Å². The molecular formula is C23H29N5O3. The van der Waals surface area contributed by atoms with E-state index in [-0.39, 0.29) is 17.9 Å².